The van der Waals surface area contributed by atoms with Crippen LogP contribution in [0.4, 0.5) is 5.69 Å². The molecule has 0 saturated heterocycles. The summed E-state index contributed by atoms with van der Waals surface area (Å²) >= 11 is 6.04. The van der Waals surface area contributed by atoms with Gasteiger partial charge in [-0.15, -0.1) is 0 Å². The Balaban J connectivity index is 2.28. The molecule has 2 aromatic carbocycles. The van der Waals surface area contributed by atoms with Crippen LogP contribution in [0.3, 0.4) is 0 Å². The zero-order chi connectivity index (χ0) is 15.4. The van der Waals surface area contributed by atoms with Gasteiger partial charge in [0, 0.05) is 16.7 Å². The zero-order valence-corrected chi connectivity index (χ0v) is 12.8. The Morgan fingerprint density at radius 2 is 1.86 bits per heavy atom. The Kier molecular flexibility index (Phi) is 4.70. The molecule has 0 unspecified atom stereocenters. The highest BCUT2D eigenvalue weighted by atomic mass is 35.5. The number of carbonyl (C=O) groups is 1. The first-order valence-corrected chi connectivity index (χ1v) is 6.72. The SMILES string of the molecule is COc1ccc(OC)c(NC(=O)c2ccc(C)c(Cl)c2)c1. The Morgan fingerprint density at radius 3 is 2.48 bits per heavy atom. The molecule has 110 valence electrons. The lowest BCUT2D eigenvalue weighted by Crippen LogP contribution is -2.12. The third kappa shape index (κ3) is 3.47. The number of carbonyl (C=O) groups excluding carboxylic acids is 1. The number of benzene rings is 2. The Bertz CT molecular complexity index is 671. The van der Waals surface area contributed by atoms with Crippen molar-refractivity contribution in [3.63, 3.8) is 0 Å². The first kappa shape index (κ1) is 15.2. The largest absolute Gasteiger partial charge is 0.497 e. The summed E-state index contributed by atoms with van der Waals surface area (Å²) < 4.78 is 10.4. The number of nitrogens with one attached hydrogen (secondary N) is 1. The maximum Gasteiger partial charge on any atom is 0.255 e. The molecule has 0 fully saturated rings. The lowest BCUT2D eigenvalue weighted by Gasteiger charge is -2.12. The van der Waals surface area contributed by atoms with Crippen LogP contribution in [-0.2, 0) is 0 Å². The van der Waals surface area contributed by atoms with Crippen molar-refractivity contribution in [1.82, 2.24) is 0 Å². The number of ether oxygens (including phenoxy) is 2. The van der Waals surface area contributed by atoms with Crippen LogP contribution in [0.15, 0.2) is 36.4 Å². The van der Waals surface area contributed by atoms with Crippen molar-refractivity contribution in [3.05, 3.63) is 52.5 Å². The van der Waals surface area contributed by atoms with Gasteiger partial charge in [0.25, 0.3) is 5.91 Å². The topological polar surface area (TPSA) is 47.6 Å². The van der Waals surface area contributed by atoms with Crippen LogP contribution in [0.25, 0.3) is 0 Å². The lowest BCUT2D eigenvalue weighted by molar-refractivity contribution is 0.102. The summed E-state index contributed by atoms with van der Waals surface area (Å²) in [5.41, 5.74) is 1.95. The molecule has 0 spiro atoms. The van der Waals surface area contributed by atoms with Crippen LogP contribution in [-0.4, -0.2) is 20.1 Å². The third-order valence-electron chi connectivity index (χ3n) is 3.09. The van der Waals surface area contributed by atoms with E-state index in [1.807, 2.05) is 6.92 Å². The smallest absolute Gasteiger partial charge is 0.255 e. The summed E-state index contributed by atoms with van der Waals surface area (Å²) in [5, 5.41) is 3.35. The fourth-order valence-corrected chi connectivity index (χ4v) is 2.02. The average molecular weight is 306 g/mol. The molecule has 1 N–H and O–H groups in total. The van der Waals surface area contributed by atoms with E-state index in [-0.39, 0.29) is 5.91 Å². The molecule has 0 aliphatic rings. The van der Waals surface area contributed by atoms with Gasteiger partial charge >= 0.3 is 0 Å². The molecule has 2 aromatic rings. The van der Waals surface area contributed by atoms with Crippen molar-refractivity contribution >= 4 is 23.2 Å². The first-order valence-electron chi connectivity index (χ1n) is 6.34. The maximum atomic E-state index is 12.3. The van der Waals surface area contributed by atoms with Crippen LogP contribution in [0.2, 0.25) is 5.02 Å². The summed E-state index contributed by atoms with van der Waals surface area (Å²) in [5.74, 6) is 0.929. The molecule has 0 atom stereocenters. The van der Waals surface area contributed by atoms with Gasteiger partial charge in [0.2, 0.25) is 0 Å². The second-order valence-corrected chi connectivity index (χ2v) is 4.89. The molecule has 4 nitrogen and oxygen atoms in total. The molecule has 1 amide bonds. The summed E-state index contributed by atoms with van der Waals surface area (Å²) in [7, 11) is 3.10. The fourth-order valence-electron chi connectivity index (χ4n) is 1.84. The van der Waals surface area contributed by atoms with E-state index >= 15 is 0 Å². The van der Waals surface area contributed by atoms with E-state index in [4.69, 9.17) is 21.1 Å². The van der Waals surface area contributed by atoms with Crippen molar-refractivity contribution < 1.29 is 14.3 Å². The van der Waals surface area contributed by atoms with Gasteiger partial charge in [-0.2, -0.15) is 0 Å². The highest BCUT2D eigenvalue weighted by molar-refractivity contribution is 6.31. The third-order valence-corrected chi connectivity index (χ3v) is 3.50. The van der Waals surface area contributed by atoms with Crippen LogP contribution >= 0.6 is 11.6 Å². The van der Waals surface area contributed by atoms with E-state index in [1.165, 1.54) is 0 Å². The van der Waals surface area contributed by atoms with Crippen molar-refractivity contribution in [3.8, 4) is 11.5 Å². The number of methoxy groups -OCH3 is 2. The minimum Gasteiger partial charge on any atom is -0.497 e. The van der Waals surface area contributed by atoms with Crippen molar-refractivity contribution in [2.45, 2.75) is 6.92 Å². The number of rotatable bonds is 4. The summed E-state index contributed by atoms with van der Waals surface area (Å²) in [6.07, 6.45) is 0. The highest BCUT2D eigenvalue weighted by Gasteiger charge is 2.12. The quantitative estimate of drug-likeness (QED) is 0.931. The summed E-state index contributed by atoms with van der Waals surface area (Å²) in [6.45, 7) is 1.88. The molecule has 0 heterocycles. The molecular weight excluding hydrogens is 290 g/mol. The molecule has 0 radical (unpaired) electrons. The van der Waals surface area contributed by atoms with Crippen molar-refractivity contribution in [2.75, 3.05) is 19.5 Å². The zero-order valence-electron chi connectivity index (χ0n) is 12.1. The summed E-state index contributed by atoms with van der Waals surface area (Å²) in [6, 6.07) is 10.4. The lowest BCUT2D eigenvalue weighted by atomic mass is 10.1. The number of aryl methyl sites for hydroxylation is 1. The highest BCUT2D eigenvalue weighted by Crippen LogP contribution is 2.29. The van der Waals surface area contributed by atoms with Gasteiger partial charge in [0.1, 0.15) is 11.5 Å². The van der Waals surface area contributed by atoms with Crippen LogP contribution in [0, 0.1) is 6.92 Å². The van der Waals surface area contributed by atoms with E-state index in [0.717, 1.165) is 5.56 Å². The van der Waals surface area contributed by atoms with Crippen molar-refractivity contribution in [1.29, 1.82) is 0 Å². The van der Waals surface area contributed by atoms with E-state index in [0.29, 0.717) is 27.8 Å². The Hall–Kier alpha value is -2.20. The number of halogens is 1. The number of anilines is 1. The normalized spacial score (nSPS) is 10.1. The molecule has 2 rings (SSSR count). The maximum absolute atomic E-state index is 12.3. The molecular formula is C16H16ClNO3. The molecule has 0 aliphatic heterocycles. The van der Waals surface area contributed by atoms with Crippen molar-refractivity contribution in [2.24, 2.45) is 0 Å². The predicted molar refractivity (Wildman–Crippen MR) is 83.7 cm³/mol. The van der Waals surface area contributed by atoms with Gasteiger partial charge < -0.3 is 14.8 Å². The Morgan fingerprint density at radius 1 is 1.10 bits per heavy atom. The van der Waals surface area contributed by atoms with Gasteiger partial charge in [-0.25, -0.2) is 0 Å². The van der Waals surface area contributed by atoms with Crippen LogP contribution in [0.5, 0.6) is 11.5 Å². The number of hydrogen-bond acceptors (Lipinski definition) is 3. The number of amides is 1. The second kappa shape index (κ2) is 6.50. The van der Waals surface area contributed by atoms with Gasteiger partial charge in [0.15, 0.2) is 0 Å². The monoisotopic (exact) mass is 305 g/mol. The Labute approximate surface area is 128 Å². The summed E-state index contributed by atoms with van der Waals surface area (Å²) in [4.78, 5) is 12.3. The van der Waals surface area contributed by atoms with E-state index < -0.39 is 0 Å². The average Bonchev–Trinajstić information content (AvgIpc) is 2.49. The van der Waals surface area contributed by atoms with E-state index in [9.17, 15) is 4.79 Å². The molecule has 0 saturated carbocycles. The van der Waals surface area contributed by atoms with E-state index in [2.05, 4.69) is 5.32 Å². The van der Waals surface area contributed by atoms with Gasteiger partial charge in [-0.1, -0.05) is 17.7 Å². The van der Waals surface area contributed by atoms with Crippen LogP contribution in [0.1, 0.15) is 15.9 Å². The molecule has 21 heavy (non-hydrogen) atoms. The second-order valence-electron chi connectivity index (χ2n) is 4.48. The molecule has 0 aromatic heterocycles. The number of hydrogen-bond donors (Lipinski definition) is 1. The molecule has 0 bridgehead atoms. The van der Waals surface area contributed by atoms with Gasteiger partial charge in [-0.3, -0.25) is 4.79 Å². The van der Waals surface area contributed by atoms with Gasteiger partial charge in [-0.05, 0) is 36.8 Å². The minimum atomic E-state index is -0.261. The van der Waals surface area contributed by atoms with Gasteiger partial charge in [0.05, 0.1) is 19.9 Å². The fraction of sp³-hybridized carbons (Fsp3) is 0.188. The first-order chi connectivity index (χ1) is 10.0. The van der Waals surface area contributed by atoms with Crippen LogP contribution < -0.4 is 14.8 Å². The van der Waals surface area contributed by atoms with E-state index in [1.54, 1.807) is 50.6 Å². The predicted octanol–water partition coefficient (Wildman–Crippen LogP) is 3.92. The molecule has 5 heteroatoms. The molecule has 0 aliphatic carbocycles. The minimum absolute atomic E-state index is 0.261. The standard InChI is InChI=1S/C16H16ClNO3/c1-10-4-5-11(8-13(10)17)16(19)18-14-9-12(20-2)6-7-15(14)21-3/h4-9H,1-3H3,(H,18,19).